The van der Waals surface area contributed by atoms with E-state index in [1.165, 1.54) is 40.2 Å². The van der Waals surface area contributed by atoms with Crippen LogP contribution in [0.15, 0.2) is 85.1 Å². The van der Waals surface area contributed by atoms with Gasteiger partial charge in [-0.1, -0.05) is 42.5 Å². The minimum Gasteiger partial charge on any atom is -0.493 e. The van der Waals surface area contributed by atoms with E-state index in [0.717, 1.165) is 62.8 Å². The van der Waals surface area contributed by atoms with Gasteiger partial charge in [0.05, 0.1) is 12.6 Å². The number of nitrogens with zero attached hydrogens (tertiary/aromatic N) is 3. The van der Waals surface area contributed by atoms with Gasteiger partial charge in [0.25, 0.3) is 0 Å². The van der Waals surface area contributed by atoms with Crippen molar-refractivity contribution in [2.45, 2.75) is 24.8 Å². The second-order valence-electron chi connectivity index (χ2n) is 12.1. The van der Waals surface area contributed by atoms with Crippen molar-refractivity contribution in [3.63, 3.8) is 0 Å². The number of halogens is 1. The molecule has 0 aliphatic carbocycles. The van der Waals surface area contributed by atoms with Gasteiger partial charge >= 0.3 is 0 Å². The van der Waals surface area contributed by atoms with Gasteiger partial charge in [0.15, 0.2) is 11.5 Å². The van der Waals surface area contributed by atoms with Crippen molar-refractivity contribution in [1.82, 2.24) is 15.2 Å². The number of hydrogen-bond acceptors (Lipinski definition) is 7. The molecule has 1 unspecified atom stereocenters. The molecule has 8 heteroatoms. The molecule has 0 radical (unpaired) electrons. The van der Waals surface area contributed by atoms with Crippen LogP contribution >= 0.6 is 0 Å². The molecule has 2 fully saturated rings. The Morgan fingerprint density at radius 1 is 0.955 bits per heavy atom. The van der Waals surface area contributed by atoms with Gasteiger partial charge in [-0.05, 0) is 78.5 Å². The van der Waals surface area contributed by atoms with Crippen LogP contribution in [0.25, 0.3) is 0 Å². The molecule has 4 aromatic rings. The van der Waals surface area contributed by atoms with E-state index in [1.54, 1.807) is 0 Å². The zero-order valence-corrected chi connectivity index (χ0v) is 25.1. The van der Waals surface area contributed by atoms with Gasteiger partial charge < -0.3 is 29.3 Å². The summed E-state index contributed by atoms with van der Waals surface area (Å²) in [5, 5.41) is 3.43. The second-order valence-corrected chi connectivity index (χ2v) is 12.1. The molecule has 0 bridgehead atoms. The van der Waals surface area contributed by atoms with E-state index in [0.29, 0.717) is 24.5 Å². The normalized spacial score (nSPS) is 22.0. The lowest BCUT2D eigenvalue weighted by molar-refractivity contribution is 0.173. The van der Waals surface area contributed by atoms with E-state index >= 15 is 0 Å². The molecule has 0 spiro atoms. The molecular formula is C36H39FN4O3. The van der Waals surface area contributed by atoms with E-state index in [4.69, 9.17) is 14.2 Å². The zero-order chi connectivity index (χ0) is 29.9. The fourth-order valence-corrected chi connectivity index (χ4v) is 6.91. The standard InChI is InChI=1S/C19H20FNO3.C17H19N3/c20-15-3-1-13(2-4-15)17-7-8-21-10-14(17)11-22-16-5-6-18-19(9-16)24-12-23-18;1-19-9-10-20-16(12-19)15-7-3-2-5-13(15)11-14-6-4-8-18-17(14)20/h1-6,9,14,17,21H,7-8,10-12H2;2-8,16H,9-12H2,1H3/t14-,17-;/m0./s1. The molecule has 1 N–H and O–H groups in total. The highest BCUT2D eigenvalue weighted by molar-refractivity contribution is 5.56. The number of benzene rings is 3. The van der Waals surface area contributed by atoms with E-state index in [9.17, 15) is 4.39 Å². The molecule has 8 rings (SSSR count). The highest BCUT2D eigenvalue weighted by atomic mass is 19.1. The van der Waals surface area contributed by atoms with Gasteiger partial charge in [-0.3, -0.25) is 0 Å². The predicted octanol–water partition coefficient (Wildman–Crippen LogP) is 5.81. The van der Waals surface area contributed by atoms with Gasteiger partial charge in [0, 0.05) is 50.8 Å². The predicted molar refractivity (Wildman–Crippen MR) is 169 cm³/mol. The minimum absolute atomic E-state index is 0.194. The Labute approximate surface area is 258 Å². The Hall–Kier alpha value is -4.14. The van der Waals surface area contributed by atoms with E-state index in [2.05, 4.69) is 63.5 Å². The number of pyridine rings is 1. The van der Waals surface area contributed by atoms with Crippen molar-refractivity contribution in [2.75, 3.05) is 58.1 Å². The van der Waals surface area contributed by atoms with Crippen LogP contribution in [-0.2, 0) is 6.42 Å². The first-order valence-electron chi connectivity index (χ1n) is 15.6. The summed E-state index contributed by atoms with van der Waals surface area (Å²) in [4.78, 5) is 9.60. The topological polar surface area (TPSA) is 59.1 Å². The SMILES string of the molecule is CN1CCN2c3ncccc3Cc3ccccc3C2C1.Fc1ccc([C@@H]2CCNC[C@H]2COc2ccc3c(c2)OCO3)cc1. The molecule has 3 aromatic carbocycles. The zero-order valence-electron chi connectivity index (χ0n) is 25.1. The third kappa shape index (κ3) is 6.10. The van der Waals surface area contributed by atoms with Crippen molar-refractivity contribution in [2.24, 2.45) is 5.92 Å². The van der Waals surface area contributed by atoms with E-state index in [-0.39, 0.29) is 12.6 Å². The van der Waals surface area contributed by atoms with Gasteiger partial charge in [-0.2, -0.15) is 0 Å². The molecule has 228 valence electrons. The average Bonchev–Trinajstić information content (AvgIpc) is 3.48. The third-order valence-corrected chi connectivity index (χ3v) is 9.23. The summed E-state index contributed by atoms with van der Waals surface area (Å²) in [6, 6.07) is 26.1. The quantitative estimate of drug-likeness (QED) is 0.320. The maximum absolute atomic E-state index is 13.2. The number of ether oxygens (including phenoxy) is 3. The largest absolute Gasteiger partial charge is 0.493 e. The summed E-state index contributed by atoms with van der Waals surface area (Å²) in [6.45, 7) is 5.98. The van der Waals surface area contributed by atoms with Gasteiger partial charge in [-0.15, -0.1) is 0 Å². The minimum atomic E-state index is -0.194. The van der Waals surface area contributed by atoms with Crippen molar-refractivity contribution in [3.8, 4) is 17.2 Å². The van der Waals surface area contributed by atoms with Crippen molar-refractivity contribution < 1.29 is 18.6 Å². The number of piperazine rings is 1. The average molecular weight is 595 g/mol. The molecule has 5 heterocycles. The van der Waals surface area contributed by atoms with Crippen molar-refractivity contribution >= 4 is 5.82 Å². The molecule has 2 saturated heterocycles. The van der Waals surface area contributed by atoms with Gasteiger partial charge in [0.2, 0.25) is 6.79 Å². The Kier molecular flexibility index (Phi) is 8.35. The number of fused-ring (bicyclic) bond motifs is 6. The lowest BCUT2D eigenvalue weighted by atomic mass is 9.81. The smallest absolute Gasteiger partial charge is 0.231 e. The summed E-state index contributed by atoms with van der Waals surface area (Å²) in [5.41, 5.74) is 5.45. The fraction of sp³-hybridized carbons (Fsp3) is 0.361. The summed E-state index contributed by atoms with van der Waals surface area (Å²) in [6.07, 6.45) is 3.95. The first-order valence-corrected chi connectivity index (χ1v) is 15.6. The van der Waals surface area contributed by atoms with E-state index < -0.39 is 0 Å². The summed E-state index contributed by atoms with van der Waals surface area (Å²) in [7, 11) is 2.21. The van der Waals surface area contributed by atoms with Crippen LogP contribution in [0.1, 0.15) is 40.6 Å². The lowest BCUT2D eigenvalue weighted by Gasteiger charge is -2.41. The number of aromatic nitrogens is 1. The first kappa shape index (κ1) is 28.6. The molecule has 4 aliphatic heterocycles. The lowest BCUT2D eigenvalue weighted by Crippen LogP contribution is -2.47. The first-order chi connectivity index (χ1) is 21.6. The van der Waals surface area contributed by atoms with Crippen LogP contribution in [0.3, 0.4) is 0 Å². The van der Waals surface area contributed by atoms with Crippen LogP contribution < -0.4 is 24.4 Å². The fourth-order valence-electron chi connectivity index (χ4n) is 6.91. The van der Waals surface area contributed by atoms with E-state index in [1.807, 2.05) is 36.5 Å². The molecule has 0 amide bonds. The summed E-state index contributed by atoms with van der Waals surface area (Å²) in [5.74, 6) is 3.97. The number of hydrogen-bond donors (Lipinski definition) is 1. The van der Waals surface area contributed by atoms with Crippen LogP contribution in [0.5, 0.6) is 17.2 Å². The molecule has 7 nitrogen and oxygen atoms in total. The van der Waals surface area contributed by atoms with Crippen LogP contribution in [0.4, 0.5) is 10.2 Å². The number of likely N-dealkylation sites (N-methyl/N-ethyl adjacent to an activating group) is 1. The van der Waals surface area contributed by atoms with Crippen molar-refractivity contribution in [1.29, 1.82) is 0 Å². The number of rotatable bonds is 4. The van der Waals surface area contributed by atoms with Crippen LogP contribution in [-0.4, -0.2) is 63.1 Å². The Balaban J connectivity index is 0.000000144. The summed E-state index contributed by atoms with van der Waals surface area (Å²) < 4.78 is 29.9. The molecule has 1 aromatic heterocycles. The monoisotopic (exact) mass is 594 g/mol. The number of nitrogens with one attached hydrogen (secondary N) is 1. The van der Waals surface area contributed by atoms with Crippen LogP contribution in [0.2, 0.25) is 0 Å². The summed E-state index contributed by atoms with van der Waals surface area (Å²) >= 11 is 0. The van der Waals surface area contributed by atoms with Crippen LogP contribution in [0, 0.1) is 11.7 Å². The molecule has 44 heavy (non-hydrogen) atoms. The Morgan fingerprint density at radius 2 is 1.80 bits per heavy atom. The number of anilines is 1. The van der Waals surface area contributed by atoms with Gasteiger partial charge in [-0.25, -0.2) is 9.37 Å². The maximum Gasteiger partial charge on any atom is 0.231 e. The third-order valence-electron chi connectivity index (χ3n) is 9.23. The molecular weight excluding hydrogens is 555 g/mol. The highest BCUT2D eigenvalue weighted by Gasteiger charge is 2.33. The Morgan fingerprint density at radius 3 is 2.70 bits per heavy atom. The molecule has 0 saturated carbocycles. The number of piperidine rings is 1. The van der Waals surface area contributed by atoms with Gasteiger partial charge in [0.1, 0.15) is 17.4 Å². The van der Waals surface area contributed by atoms with Crippen molar-refractivity contribution in [3.05, 3.63) is 113 Å². The maximum atomic E-state index is 13.2. The highest BCUT2D eigenvalue weighted by Crippen LogP contribution is 2.38. The molecule has 3 atom stereocenters. The second kappa shape index (κ2) is 12.8. The Bertz CT molecular complexity index is 1580. The molecule has 4 aliphatic rings.